The summed E-state index contributed by atoms with van der Waals surface area (Å²) in [6.45, 7) is 5.59. The summed E-state index contributed by atoms with van der Waals surface area (Å²) in [6.07, 6.45) is -1.46. The third-order valence-electron chi connectivity index (χ3n) is 2.79. The lowest BCUT2D eigenvalue weighted by Crippen LogP contribution is -2.38. The molecule has 1 aliphatic rings. The molecule has 0 spiro atoms. The molecule has 0 amide bonds. The van der Waals surface area contributed by atoms with Gasteiger partial charge in [0, 0.05) is 5.92 Å². The molecule has 0 aromatic rings. The van der Waals surface area contributed by atoms with Gasteiger partial charge in [0.25, 0.3) is 0 Å². The lowest BCUT2D eigenvalue weighted by molar-refractivity contribution is -0.0632. The van der Waals surface area contributed by atoms with Gasteiger partial charge in [-0.2, -0.15) is 0 Å². The summed E-state index contributed by atoms with van der Waals surface area (Å²) in [4.78, 5) is 0. The lowest BCUT2D eigenvalue weighted by atomic mass is 9.83. The highest BCUT2D eigenvalue weighted by Gasteiger charge is 2.47. The average Bonchev–Trinajstić information content (AvgIpc) is 2.40. The Balaban J connectivity index is 2.76. The summed E-state index contributed by atoms with van der Waals surface area (Å²) in [5.74, 6) is -0.371. The van der Waals surface area contributed by atoms with Gasteiger partial charge in [0.05, 0.1) is 31.5 Å². The van der Waals surface area contributed by atoms with Crippen molar-refractivity contribution >= 4 is 0 Å². The zero-order valence-electron chi connectivity index (χ0n) is 8.97. The molecule has 1 saturated heterocycles. The van der Waals surface area contributed by atoms with E-state index in [1.54, 1.807) is 0 Å². The maximum atomic E-state index is 9.89. The highest BCUT2D eigenvalue weighted by Crippen LogP contribution is 2.36. The van der Waals surface area contributed by atoms with Crippen LogP contribution in [-0.4, -0.2) is 46.8 Å². The first kappa shape index (κ1) is 11.9. The van der Waals surface area contributed by atoms with Gasteiger partial charge < -0.3 is 20.1 Å². The third kappa shape index (κ3) is 2.08. The first-order valence-electron chi connectivity index (χ1n) is 4.97. The van der Waals surface area contributed by atoms with Crippen LogP contribution >= 0.6 is 0 Å². The Bertz CT molecular complexity index is 187. The summed E-state index contributed by atoms with van der Waals surface area (Å²) in [5.41, 5.74) is -0.184. The van der Waals surface area contributed by atoms with Gasteiger partial charge in [0.2, 0.25) is 0 Å². The normalized spacial score (nSPS) is 39.0. The maximum absolute atomic E-state index is 9.89. The smallest absolute Gasteiger partial charge is 0.0891 e. The molecule has 3 N–H and O–H groups in total. The Hall–Kier alpha value is -0.160. The van der Waals surface area contributed by atoms with E-state index in [4.69, 9.17) is 14.9 Å². The van der Waals surface area contributed by atoms with E-state index in [9.17, 15) is 5.11 Å². The Kier molecular flexibility index (Phi) is 3.53. The van der Waals surface area contributed by atoms with Crippen LogP contribution in [0.2, 0.25) is 0 Å². The minimum atomic E-state index is -0.697. The van der Waals surface area contributed by atoms with Crippen molar-refractivity contribution in [3.63, 3.8) is 0 Å². The fourth-order valence-electron chi connectivity index (χ4n) is 1.93. The first-order chi connectivity index (χ1) is 6.41. The van der Waals surface area contributed by atoms with Crippen LogP contribution in [0.4, 0.5) is 0 Å². The molecular weight excluding hydrogens is 184 g/mol. The molecule has 1 heterocycles. The predicted molar refractivity (Wildman–Crippen MR) is 51.8 cm³/mol. The van der Waals surface area contributed by atoms with Gasteiger partial charge in [0.15, 0.2) is 0 Å². The summed E-state index contributed by atoms with van der Waals surface area (Å²) in [6, 6.07) is 0. The molecule has 84 valence electrons. The topological polar surface area (TPSA) is 69.9 Å². The van der Waals surface area contributed by atoms with Gasteiger partial charge in [0.1, 0.15) is 0 Å². The Morgan fingerprint density at radius 1 is 1.14 bits per heavy atom. The van der Waals surface area contributed by atoms with Crippen molar-refractivity contribution in [2.75, 3.05) is 13.2 Å². The monoisotopic (exact) mass is 204 g/mol. The van der Waals surface area contributed by atoms with E-state index in [0.717, 1.165) is 0 Å². The van der Waals surface area contributed by atoms with Gasteiger partial charge >= 0.3 is 0 Å². The SMILES string of the molecule is CC(C)(C)[C@@H]1O[C@H](CO)[C@@H](CO)[C@H]1O. The second-order valence-corrected chi connectivity index (χ2v) is 4.98. The van der Waals surface area contributed by atoms with Crippen LogP contribution in [0.5, 0.6) is 0 Å². The van der Waals surface area contributed by atoms with Crippen LogP contribution in [0.3, 0.4) is 0 Å². The van der Waals surface area contributed by atoms with Crippen LogP contribution in [0.1, 0.15) is 20.8 Å². The quantitative estimate of drug-likeness (QED) is 0.580. The lowest BCUT2D eigenvalue weighted by Gasteiger charge is -2.29. The molecule has 0 bridgehead atoms. The maximum Gasteiger partial charge on any atom is 0.0891 e. The Morgan fingerprint density at radius 3 is 2.00 bits per heavy atom. The zero-order chi connectivity index (χ0) is 10.9. The second-order valence-electron chi connectivity index (χ2n) is 4.98. The van der Waals surface area contributed by atoms with E-state index >= 15 is 0 Å². The van der Waals surface area contributed by atoms with Crippen LogP contribution in [0.25, 0.3) is 0 Å². The molecule has 4 nitrogen and oxygen atoms in total. The molecule has 14 heavy (non-hydrogen) atoms. The fraction of sp³-hybridized carbons (Fsp3) is 1.00. The van der Waals surface area contributed by atoms with E-state index in [1.807, 2.05) is 20.8 Å². The summed E-state index contributed by atoms with van der Waals surface area (Å²) in [5, 5.41) is 28.0. The van der Waals surface area contributed by atoms with Crippen LogP contribution in [0, 0.1) is 11.3 Å². The van der Waals surface area contributed by atoms with Crippen molar-refractivity contribution in [2.24, 2.45) is 11.3 Å². The van der Waals surface area contributed by atoms with Crippen LogP contribution in [0.15, 0.2) is 0 Å². The molecule has 4 heteroatoms. The molecule has 1 aliphatic heterocycles. The molecule has 1 fully saturated rings. The van der Waals surface area contributed by atoms with Gasteiger partial charge in [-0.1, -0.05) is 20.8 Å². The molecule has 0 aromatic heterocycles. The largest absolute Gasteiger partial charge is 0.396 e. The molecule has 0 unspecified atom stereocenters. The number of aliphatic hydroxyl groups is 3. The van der Waals surface area contributed by atoms with Crippen molar-refractivity contribution < 1.29 is 20.1 Å². The van der Waals surface area contributed by atoms with E-state index in [2.05, 4.69) is 0 Å². The van der Waals surface area contributed by atoms with Crippen molar-refractivity contribution in [2.45, 2.75) is 39.1 Å². The van der Waals surface area contributed by atoms with Gasteiger partial charge in [-0.25, -0.2) is 0 Å². The number of hydrogen-bond donors (Lipinski definition) is 3. The third-order valence-corrected chi connectivity index (χ3v) is 2.79. The minimum absolute atomic E-state index is 0.154. The minimum Gasteiger partial charge on any atom is -0.396 e. The van der Waals surface area contributed by atoms with Crippen molar-refractivity contribution in [3.8, 4) is 0 Å². The molecule has 0 aromatic carbocycles. The Labute approximate surface area is 84.5 Å². The number of ether oxygens (including phenoxy) is 1. The van der Waals surface area contributed by atoms with E-state index < -0.39 is 12.2 Å². The number of rotatable bonds is 2. The van der Waals surface area contributed by atoms with Crippen LogP contribution < -0.4 is 0 Å². The van der Waals surface area contributed by atoms with Crippen molar-refractivity contribution in [1.82, 2.24) is 0 Å². The predicted octanol–water partition coefficient (Wildman–Crippen LogP) is -0.238. The highest BCUT2D eigenvalue weighted by atomic mass is 16.5. The first-order valence-corrected chi connectivity index (χ1v) is 4.97. The van der Waals surface area contributed by atoms with Gasteiger partial charge in [-0.3, -0.25) is 0 Å². The van der Waals surface area contributed by atoms with E-state index in [0.29, 0.717) is 0 Å². The second kappa shape index (κ2) is 4.14. The average molecular weight is 204 g/mol. The van der Waals surface area contributed by atoms with E-state index in [-0.39, 0.29) is 30.7 Å². The molecular formula is C10H20O4. The fourth-order valence-corrected chi connectivity index (χ4v) is 1.93. The molecule has 0 aliphatic carbocycles. The molecule has 1 rings (SSSR count). The van der Waals surface area contributed by atoms with E-state index in [1.165, 1.54) is 0 Å². The van der Waals surface area contributed by atoms with Gasteiger partial charge in [-0.05, 0) is 5.41 Å². The molecule has 4 atom stereocenters. The number of hydrogen-bond acceptors (Lipinski definition) is 4. The summed E-state index contributed by atoms with van der Waals surface area (Å²) in [7, 11) is 0. The zero-order valence-corrected chi connectivity index (χ0v) is 8.97. The van der Waals surface area contributed by atoms with Crippen molar-refractivity contribution in [1.29, 1.82) is 0 Å². The number of aliphatic hydroxyl groups excluding tert-OH is 3. The van der Waals surface area contributed by atoms with Crippen LogP contribution in [-0.2, 0) is 4.74 Å². The summed E-state index contributed by atoms with van der Waals surface area (Å²) < 4.78 is 5.53. The standard InChI is InChI=1S/C10H20O4/c1-10(2,3)9-8(13)6(4-11)7(5-12)14-9/h6-9,11-13H,4-5H2,1-3H3/t6-,7-,8-,9-/m1/s1. The van der Waals surface area contributed by atoms with Gasteiger partial charge in [-0.15, -0.1) is 0 Å². The van der Waals surface area contributed by atoms with Crippen molar-refractivity contribution in [3.05, 3.63) is 0 Å². The Morgan fingerprint density at radius 2 is 1.71 bits per heavy atom. The summed E-state index contributed by atoms with van der Waals surface area (Å²) >= 11 is 0. The molecule has 0 radical (unpaired) electrons. The highest BCUT2D eigenvalue weighted by molar-refractivity contribution is 4.95. The molecule has 0 saturated carbocycles.